The van der Waals surface area contributed by atoms with Crippen molar-refractivity contribution in [1.82, 2.24) is 0 Å². The van der Waals surface area contributed by atoms with E-state index in [9.17, 15) is 0 Å². The fourth-order valence-electron chi connectivity index (χ4n) is 0.541. The molecule has 0 saturated carbocycles. The molecule has 0 spiro atoms. The molecule has 0 heterocycles. The van der Waals surface area contributed by atoms with Crippen molar-refractivity contribution >= 4 is 0 Å². The molecule has 0 fully saturated rings. The molecule has 3 rings (SSSR count). The van der Waals surface area contributed by atoms with Gasteiger partial charge in [0.1, 0.15) is 0 Å². The van der Waals surface area contributed by atoms with E-state index >= 15 is 0 Å². The minimum Gasteiger partial charge on any atom is -0.999 e. The molecular formula is C15H3Ce-12. The van der Waals surface area contributed by atoms with Crippen LogP contribution in [0.2, 0.25) is 0 Å². The van der Waals surface area contributed by atoms with E-state index in [1.54, 1.807) is 18.2 Å². The van der Waals surface area contributed by atoms with Crippen molar-refractivity contribution in [3.8, 4) is 0 Å². The van der Waals surface area contributed by atoms with Gasteiger partial charge in [-0.15, -0.1) is 0 Å². The van der Waals surface area contributed by atoms with Gasteiger partial charge in [0.15, 0.2) is 0 Å². The maximum Gasteiger partial charge on any atom is 3.00 e. The Hall–Kier alpha value is -0.573. The molecule has 0 atom stereocenters. The summed E-state index contributed by atoms with van der Waals surface area (Å²) in [6.07, 6.45) is 0. The van der Waals surface area contributed by atoms with E-state index < -0.39 is 0 Å². The molecule has 0 aliphatic heterocycles. The Morgan fingerprint density at radius 2 is 0.562 bits per heavy atom. The molecule has 79 valence electrons. The zero-order chi connectivity index (χ0) is 10.6. The normalized spacial score (nSPS) is 7.50. The van der Waals surface area contributed by atoms with Gasteiger partial charge in [-0.2, -0.15) is 0 Å². The standard InChI is InChI=1S/3C5H.Ce/c3*1-2-4-5-3-1;/h3*1H;/q3*-5;+3. The van der Waals surface area contributed by atoms with Crippen LogP contribution in [-0.4, -0.2) is 0 Å². The van der Waals surface area contributed by atoms with Gasteiger partial charge >= 0.3 is 41.7 Å². The van der Waals surface area contributed by atoms with E-state index in [2.05, 4.69) is 72.8 Å². The Labute approximate surface area is 131 Å². The fraction of sp³-hybridized carbons (Fsp3) is 0. The van der Waals surface area contributed by atoms with Gasteiger partial charge in [0, 0.05) is 0 Å². The third-order valence-corrected chi connectivity index (χ3v) is 1.05. The summed E-state index contributed by atoms with van der Waals surface area (Å²) < 4.78 is 0. The van der Waals surface area contributed by atoms with E-state index in [4.69, 9.17) is 0 Å². The van der Waals surface area contributed by atoms with Crippen LogP contribution in [0.15, 0.2) is 18.2 Å². The Morgan fingerprint density at radius 3 is 0.625 bits per heavy atom. The van der Waals surface area contributed by atoms with Gasteiger partial charge in [-0.1, -0.05) is 0 Å². The van der Waals surface area contributed by atoms with Crippen molar-refractivity contribution in [2.24, 2.45) is 0 Å². The van der Waals surface area contributed by atoms with Crippen LogP contribution in [-0.2, 0) is 0 Å². The van der Waals surface area contributed by atoms with E-state index in [1.807, 2.05) is 0 Å². The predicted molar refractivity (Wildman–Crippen MR) is 52.1 cm³/mol. The minimum atomic E-state index is 0. The van der Waals surface area contributed by atoms with Crippen molar-refractivity contribution in [2.75, 3.05) is 0 Å². The SMILES string of the molecule is [Ce+3].[c-]1[c-][c-][cH-][c-]1.[c-]1[c-][c-][cH-][c-]1.[c-]1[c-][c-][cH-][c-]1. The van der Waals surface area contributed by atoms with Gasteiger partial charge in [0.2, 0.25) is 0 Å². The van der Waals surface area contributed by atoms with Gasteiger partial charge in [-0.3, -0.25) is 0 Å². The molecule has 0 saturated heterocycles. The largest absolute Gasteiger partial charge is 3.00 e. The quantitative estimate of drug-likeness (QED) is 0.554. The minimum absolute atomic E-state index is 0. The smallest absolute Gasteiger partial charge is 0.999 e. The zero-order valence-corrected chi connectivity index (χ0v) is 11.4. The predicted octanol–water partition coefficient (Wildman–Crippen LogP) is 1.82. The maximum absolute atomic E-state index is 2.62. The molecule has 0 aromatic heterocycles. The first-order chi connectivity index (χ1) is 7.50. The third-order valence-electron chi connectivity index (χ3n) is 1.05. The van der Waals surface area contributed by atoms with Crippen molar-refractivity contribution in [2.45, 2.75) is 0 Å². The molecule has 0 aliphatic rings. The van der Waals surface area contributed by atoms with E-state index in [0.717, 1.165) is 0 Å². The molecule has 16 heavy (non-hydrogen) atoms. The summed E-state index contributed by atoms with van der Waals surface area (Å²) in [6, 6.07) is 36.0. The summed E-state index contributed by atoms with van der Waals surface area (Å²) in [5.41, 5.74) is 0. The Bertz CT molecular complexity index is 237. The topological polar surface area (TPSA) is 0 Å². The summed E-state index contributed by atoms with van der Waals surface area (Å²) in [4.78, 5) is 0. The van der Waals surface area contributed by atoms with Crippen LogP contribution in [0.5, 0.6) is 0 Å². The zero-order valence-electron chi connectivity index (χ0n) is 8.23. The van der Waals surface area contributed by atoms with Crippen LogP contribution in [0.1, 0.15) is 0 Å². The van der Waals surface area contributed by atoms with Crippen LogP contribution < -0.4 is 0 Å². The molecular weight excluding hydrogens is 320 g/mol. The van der Waals surface area contributed by atoms with Gasteiger partial charge in [0.25, 0.3) is 0 Å². The Morgan fingerprint density at radius 1 is 0.375 bits per heavy atom. The number of rotatable bonds is 0. The summed E-state index contributed by atoms with van der Waals surface area (Å²) in [5, 5.41) is 0. The number of hydrogen-bond donors (Lipinski definition) is 0. The molecule has 0 nitrogen and oxygen atoms in total. The monoisotopic (exact) mass is 323 g/mol. The second-order valence-corrected chi connectivity index (χ2v) is 2.05. The summed E-state index contributed by atoms with van der Waals surface area (Å²) in [5.74, 6) is 0. The van der Waals surface area contributed by atoms with Crippen LogP contribution in [0, 0.1) is 115 Å². The third kappa shape index (κ3) is 9.96. The van der Waals surface area contributed by atoms with Crippen LogP contribution >= 0.6 is 0 Å². The summed E-state index contributed by atoms with van der Waals surface area (Å²) in [6.45, 7) is 0. The number of hydrogen-bond acceptors (Lipinski definition) is 0. The molecule has 1 radical (unpaired) electrons. The first-order valence-corrected chi connectivity index (χ1v) is 3.98. The molecule has 0 aliphatic carbocycles. The van der Waals surface area contributed by atoms with Gasteiger partial charge in [0.05, 0.1) is 0 Å². The molecule has 3 aromatic carbocycles. The van der Waals surface area contributed by atoms with Crippen molar-refractivity contribution in [3.63, 3.8) is 0 Å². The van der Waals surface area contributed by atoms with Crippen molar-refractivity contribution in [3.05, 3.63) is 91.0 Å². The van der Waals surface area contributed by atoms with Crippen LogP contribution in [0.25, 0.3) is 0 Å². The maximum atomic E-state index is 2.62. The van der Waals surface area contributed by atoms with Crippen molar-refractivity contribution < 1.29 is 41.7 Å². The first-order valence-electron chi connectivity index (χ1n) is 3.98. The molecule has 3 aromatic rings. The Kier molecular flexibility index (Phi) is 12.0. The average molecular weight is 323 g/mol. The second kappa shape index (κ2) is 12.5. The molecule has 1 heteroatoms. The summed E-state index contributed by atoms with van der Waals surface area (Å²) >= 11 is 0. The van der Waals surface area contributed by atoms with Gasteiger partial charge in [-0.25, -0.2) is 0 Å². The molecule has 0 amide bonds. The molecule has 0 bridgehead atoms. The fourth-order valence-corrected chi connectivity index (χ4v) is 0.541. The van der Waals surface area contributed by atoms with Gasteiger partial charge < -0.3 is 91.0 Å². The van der Waals surface area contributed by atoms with E-state index in [-0.39, 0.29) is 41.7 Å². The van der Waals surface area contributed by atoms with Crippen molar-refractivity contribution in [1.29, 1.82) is 0 Å². The second-order valence-electron chi connectivity index (χ2n) is 2.05. The molecule has 0 N–H and O–H groups in total. The first kappa shape index (κ1) is 15.4. The average Bonchev–Trinajstić information content (AvgIpc) is 3.09. The molecule has 0 unspecified atom stereocenters. The Balaban J connectivity index is 0.000000205. The van der Waals surface area contributed by atoms with Crippen LogP contribution in [0.4, 0.5) is 0 Å². The van der Waals surface area contributed by atoms with E-state index in [0.29, 0.717) is 0 Å². The summed E-state index contributed by atoms with van der Waals surface area (Å²) in [7, 11) is 0. The van der Waals surface area contributed by atoms with E-state index in [1.165, 1.54) is 0 Å². The van der Waals surface area contributed by atoms with Crippen LogP contribution in [0.3, 0.4) is 0 Å². The van der Waals surface area contributed by atoms with Gasteiger partial charge in [-0.05, 0) is 0 Å².